The molecule has 0 aliphatic heterocycles. The van der Waals surface area contributed by atoms with E-state index in [-0.39, 0.29) is 0 Å². The molecule has 0 atom stereocenters. The first kappa shape index (κ1) is 13.5. The predicted octanol–water partition coefficient (Wildman–Crippen LogP) is 3.23. The molecule has 0 aromatic carbocycles. The zero-order valence-electron chi connectivity index (χ0n) is 10.2. The van der Waals surface area contributed by atoms with Crippen molar-refractivity contribution in [1.82, 2.24) is 9.88 Å². The van der Waals surface area contributed by atoms with E-state index in [9.17, 15) is 0 Å². The SMILES string of the molecule is Cc1cccc(CN(C)CCCCCCl)n1. The number of pyridine rings is 1. The lowest BCUT2D eigenvalue weighted by atomic mass is 10.2. The van der Waals surface area contributed by atoms with Crippen molar-refractivity contribution >= 4 is 11.6 Å². The Kier molecular flexibility index (Phi) is 6.43. The molecule has 0 N–H and O–H groups in total. The summed E-state index contributed by atoms with van der Waals surface area (Å²) in [4.78, 5) is 6.81. The van der Waals surface area contributed by atoms with E-state index >= 15 is 0 Å². The number of hydrogen-bond donors (Lipinski definition) is 0. The van der Waals surface area contributed by atoms with Crippen LogP contribution in [0.3, 0.4) is 0 Å². The van der Waals surface area contributed by atoms with Gasteiger partial charge >= 0.3 is 0 Å². The molecular weight excluding hydrogens is 220 g/mol. The molecule has 0 bridgehead atoms. The van der Waals surface area contributed by atoms with Gasteiger partial charge in [-0.1, -0.05) is 12.5 Å². The smallest absolute Gasteiger partial charge is 0.0547 e. The van der Waals surface area contributed by atoms with Crippen LogP contribution in [-0.4, -0.2) is 29.4 Å². The summed E-state index contributed by atoms with van der Waals surface area (Å²) >= 11 is 5.64. The minimum absolute atomic E-state index is 0.781. The average molecular weight is 241 g/mol. The molecule has 1 aromatic rings. The number of hydrogen-bond acceptors (Lipinski definition) is 2. The fourth-order valence-corrected chi connectivity index (χ4v) is 1.89. The number of halogens is 1. The Morgan fingerprint density at radius 3 is 2.75 bits per heavy atom. The van der Waals surface area contributed by atoms with Crippen LogP contribution in [0.5, 0.6) is 0 Å². The first-order chi connectivity index (χ1) is 7.72. The van der Waals surface area contributed by atoms with Gasteiger partial charge in [0.1, 0.15) is 0 Å². The number of rotatable bonds is 7. The Morgan fingerprint density at radius 1 is 1.25 bits per heavy atom. The topological polar surface area (TPSA) is 16.1 Å². The number of unbranched alkanes of at least 4 members (excludes halogenated alkanes) is 2. The molecule has 0 aliphatic carbocycles. The Morgan fingerprint density at radius 2 is 2.06 bits per heavy atom. The van der Waals surface area contributed by atoms with Crippen molar-refractivity contribution in [2.24, 2.45) is 0 Å². The molecule has 0 amide bonds. The minimum Gasteiger partial charge on any atom is -0.301 e. The normalized spacial score (nSPS) is 11.0. The molecule has 1 aromatic heterocycles. The van der Waals surface area contributed by atoms with Gasteiger partial charge in [0.25, 0.3) is 0 Å². The number of nitrogens with zero attached hydrogens (tertiary/aromatic N) is 2. The van der Waals surface area contributed by atoms with E-state index in [0.717, 1.165) is 36.8 Å². The molecule has 1 heterocycles. The largest absolute Gasteiger partial charge is 0.301 e. The second-order valence-corrected chi connectivity index (χ2v) is 4.64. The van der Waals surface area contributed by atoms with Crippen LogP contribution >= 0.6 is 11.6 Å². The summed E-state index contributed by atoms with van der Waals surface area (Å²) in [5.74, 6) is 0.781. The zero-order chi connectivity index (χ0) is 11.8. The number of alkyl halides is 1. The maximum Gasteiger partial charge on any atom is 0.0547 e. The van der Waals surface area contributed by atoms with Crippen molar-refractivity contribution in [3.8, 4) is 0 Å². The molecule has 0 spiro atoms. The summed E-state index contributed by atoms with van der Waals surface area (Å²) in [6, 6.07) is 6.19. The van der Waals surface area contributed by atoms with Crippen LogP contribution < -0.4 is 0 Å². The highest BCUT2D eigenvalue weighted by molar-refractivity contribution is 6.17. The molecule has 0 fully saturated rings. The summed E-state index contributed by atoms with van der Waals surface area (Å²) in [5, 5.41) is 0. The summed E-state index contributed by atoms with van der Waals surface area (Å²) in [7, 11) is 2.14. The fraction of sp³-hybridized carbons (Fsp3) is 0.615. The molecule has 90 valence electrons. The van der Waals surface area contributed by atoms with Gasteiger partial charge in [-0.2, -0.15) is 0 Å². The van der Waals surface area contributed by atoms with E-state index in [1.54, 1.807) is 0 Å². The number of aromatic nitrogens is 1. The van der Waals surface area contributed by atoms with E-state index in [0.29, 0.717) is 0 Å². The van der Waals surface area contributed by atoms with Crippen molar-refractivity contribution < 1.29 is 0 Å². The van der Waals surface area contributed by atoms with E-state index < -0.39 is 0 Å². The zero-order valence-corrected chi connectivity index (χ0v) is 11.0. The number of aryl methyl sites for hydroxylation is 1. The van der Waals surface area contributed by atoms with Crippen molar-refractivity contribution in [3.05, 3.63) is 29.6 Å². The Hall–Kier alpha value is -0.600. The highest BCUT2D eigenvalue weighted by Gasteiger charge is 2.01. The van der Waals surface area contributed by atoms with Crippen LogP contribution in [0, 0.1) is 6.92 Å². The van der Waals surface area contributed by atoms with Crippen LogP contribution in [0.1, 0.15) is 30.7 Å². The highest BCUT2D eigenvalue weighted by Crippen LogP contribution is 2.04. The third-order valence-electron chi connectivity index (χ3n) is 2.55. The van der Waals surface area contributed by atoms with E-state index in [2.05, 4.69) is 29.1 Å². The second kappa shape index (κ2) is 7.64. The van der Waals surface area contributed by atoms with Crippen LogP contribution in [-0.2, 0) is 6.54 Å². The van der Waals surface area contributed by atoms with Gasteiger partial charge in [-0.15, -0.1) is 11.6 Å². The maximum atomic E-state index is 5.64. The van der Waals surface area contributed by atoms with Crippen LogP contribution in [0.4, 0.5) is 0 Å². The standard InChI is InChI=1S/C13H21ClN2/c1-12-7-6-8-13(15-12)11-16(2)10-5-3-4-9-14/h6-8H,3-5,9-11H2,1-2H3. The van der Waals surface area contributed by atoms with Gasteiger partial charge in [0.2, 0.25) is 0 Å². The summed E-state index contributed by atoms with van der Waals surface area (Å²) in [6.07, 6.45) is 3.56. The van der Waals surface area contributed by atoms with Gasteiger partial charge in [-0.25, -0.2) is 0 Å². The highest BCUT2D eigenvalue weighted by atomic mass is 35.5. The van der Waals surface area contributed by atoms with Gasteiger partial charge < -0.3 is 4.90 Å². The lowest BCUT2D eigenvalue weighted by Gasteiger charge is -2.15. The summed E-state index contributed by atoms with van der Waals surface area (Å²) < 4.78 is 0. The molecule has 3 heteroatoms. The van der Waals surface area contributed by atoms with E-state index in [1.165, 1.54) is 12.8 Å². The van der Waals surface area contributed by atoms with Crippen molar-refractivity contribution in [2.45, 2.75) is 32.7 Å². The lowest BCUT2D eigenvalue weighted by Crippen LogP contribution is -2.19. The average Bonchev–Trinajstić information content (AvgIpc) is 2.24. The quantitative estimate of drug-likeness (QED) is 0.537. The third kappa shape index (κ3) is 5.47. The fourth-order valence-electron chi connectivity index (χ4n) is 1.70. The molecule has 0 unspecified atom stereocenters. The monoisotopic (exact) mass is 240 g/mol. The molecule has 0 radical (unpaired) electrons. The van der Waals surface area contributed by atoms with Gasteiger partial charge in [0, 0.05) is 18.1 Å². The molecule has 0 aliphatic rings. The van der Waals surface area contributed by atoms with E-state index in [1.807, 2.05) is 13.0 Å². The summed E-state index contributed by atoms with van der Waals surface area (Å²) in [6.45, 7) is 4.08. The third-order valence-corrected chi connectivity index (χ3v) is 2.82. The molecule has 0 saturated carbocycles. The van der Waals surface area contributed by atoms with Crippen LogP contribution in [0.25, 0.3) is 0 Å². The van der Waals surface area contributed by atoms with Crippen LogP contribution in [0.2, 0.25) is 0 Å². The second-order valence-electron chi connectivity index (χ2n) is 4.26. The lowest BCUT2D eigenvalue weighted by molar-refractivity contribution is 0.314. The van der Waals surface area contributed by atoms with Gasteiger partial charge in [0.05, 0.1) is 5.69 Å². The van der Waals surface area contributed by atoms with Gasteiger partial charge in [-0.05, 0) is 45.5 Å². The molecule has 2 nitrogen and oxygen atoms in total. The Balaban J connectivity index is 2.25. The summed E-state index contributed by atoms with van der Waals surface area (Å²) in [5.41, 5.74) is 2.24. The molecule has 0 saturated heterocycles. The molecule has 16 heavy (non-hydrogen) atoms. The van der Waals surface area contributed by atoms with Crippen LogP contribution in [0.15, 0.2) is 18.2 Å². The molecular formula is C13H21ClN2. The minimum atomic E-state index is 0.781. The van der Waals surface area contributed by atoms with Crippen molar-refractivity contribution in [3.63, 3.8) is 0 Å². The Bertz CT molecular complexity index is 302. The predicted molar refractivity (Wildman–Crippen MR) is 69.9 cm³/mol. The van der Waals surface area contributed by atoms with Gasteiger partial charge in [-0.3, -0.25) is 4.98 Å². The van der Waals surface area contributed by atoms with E-state index in [4.69, 9.17) is 11.6 Å². The Labute approximate surface area is 104 Å². The van der Waals surface area contributed by atoms with Crippen molar-refractivity contribution in [1.29, 1.82) is 0 Å². The molecule has 1 rings (SSSR count). The van der Waals surface area contributed by atoms with Gasteiger partial charge in [0.15, 0.2) is 0 Å². The first-order valence-electron chi connectivity index (χ1n) is 5.89. The van der Waals surface area contributed by atoms with Crippen molar-refractivity contribution in [2.75, 3.05) is 19.5 Å². The maximum absolute atomic E-state index is 5.64. The first-order valence-corrected chi connectivity index (χ1v) is 6.43.